The Morgan fingerprint density at radius 2 is 2.29 bits per heavy atom. The van der Waals surface area contributed by atoms with Gasteiger partial charge in [0, 0.05) is 12.4 Å². The standard InChI is InChI=1S/C9H8FN3O/c1-13-7-3-2-5(10)4-6(7)8(12-13)9(11)14/h2-4H,1H3,(H2,11,14). The second kappa shape index (κ2) is 2.80. The van der Waals surface area contributed by atoms with Crippen LogP contribution in [0.2, 0.25) is 0 Å². The largest absolute Gasteiger partial charge is 0.364 e. The van der Waals surface area contributed by atoms with Crippen LogP contribution in [-0.2, 0) is 7.05 Å². The topological polar surface area (TPSA) is 60.9 Å². The van der Waals surface area contributed by atoms with Crippen LogP contribution in [0, 0.1) is 5.82 Å². The fraction of sp³-hybridized carbons (Fsp3) is 0.111. The fourth-order valence-corrected chi connectivity index (χ4v) is 1.42. The molecule has 14 heavy (non-hydrogen) atoms. The predicted octanol–water partition coefficient (Wildman–Crippen LogP) is 0.811. The molecule has 0 radical (unpaired) electrons. The number of nitrogens with zero attached hydrogens (tertiary/aromatic N) is 2. The minimum atomic E-state index is -0.652. The molecule has 1 heterocycles. The van der Waals surface area contributed by atoms with E-state index in [2.05, 4.69) is 5.10 Å². The molecule has 5 heteroatoms. The van der Waals surface area contributed by atoms with Crippen LogP contribution in [0.5, 0.6) is 0 Å². The van der Waals surface area contributed by atoms with E-state index >= 15 is 0 Å². The number of aromatic nitrogens is 2. The van der Waals surface area contributed by atoms with Crippen molar-refractivity contribution in [2.75, 3.05) is 0 Å². The van der Waals surface area contributed by atoms with Gasteiger partial charge < -0.3 is 5.73 Å². The minimum absolute atomic E-state index is 0.0991. The Morgan fingerprint density at radius 3 is 2.93 bits per heavy atom. The van der Waals surface area contributed by atoms with Gasteiger partial charge in [-0.2, -0.15) is 5.10 Å². The van der Waals surface area contributed by atoms with Gasteiger partial charge in [-0.05, 0) is 18.2 Å². The molecule has 0 aliphatic rings. The molecule has 0 unspecified atom stereocenters. The molecule has 2 N–H and O–H groups in total. The molecule has 0 aliphatic carbocycles. The highest BCUT2D eigenvalue weighted by Gasteiger charge is 2.13. The monoisotopic (exact) mass is 193 g/mol. The second-order valence-corrected chi connectivity index (χ2v) is 3.00. The Balaban J connectivity index is 2.85. The molecule has 0 atom stereocenters. The lowest BCUT2D eigenvalue weighted by molar-refractivity contribution is 0.0996. The first kappa shape index (κ1) is 8.68. The zero-order valence-electron chi connectivity index (χ0n) is 7.49. The van der Waals surface area contributed by atoms with Gasteiger partial charge in [0.05, 0.1) is 5.52 Å². The third-order valence-electron chi connectivity index (χ3n) is 2.05. The maximum absolute atomic E-state index is 12.9. The van der Waals surface area contributed by atoms with Gasteiger partial charge in [0.25, 0.3) is 5.91 Å². The van der Waals surface area contributed by atoms with Crippen molar-refractivity contribution in [3.63, 3.8) is 0 Å². The summed E-state index contributed by atoms with van der Waals surface area (Å²) in [6.45, 7) is 0. The molecule has 2 rings (SSSR count). The van der Waals surface area contributed by atoms with Gasteiger partial charge in [-0.3, -0.25) is 9.48 Å². The molecule has 0 fully saturated rings. The third kappa shape index (κ3) is 1.14. The van der Waals surface area contributed by atoms with Crippen molar-refractivity contribution in [3.8, 4) is 0 Å². The van der Waals surface area contributed by atoms with Gasteiger partial charge in [-0.1, -0.05) is 0 Å². The smallest absolute Gasteiger partial charge is 0.269 e. The molecule has 0 saturated heterocycles. The quantitative estimate of drug-likeness (QED) is 0.728. The number of amides is 1. The van der Waals surface area contributed by atoms with Crippen LogP contribution in [0.15, 0.2) is 18.2 Å². The number of primary amides is 1. The maximum atomic E-state index is 12.9. The molecule has 4 nitrogen and oxygen atoms in total. The van der Waals surface area contributed by atoms with Gasteiger partial charge in [0.2, 0.25) is 0 Å². The van der Waals surface area contributed by atoms with Gasteiger partial charge in [0.15, 0.2) is 5.69 Å². The van der Waals surface area contributed by atoms with Crippen LogP contribution < -0.4 is 5.73 Å². The van der Waals surface area contributed by atoms with Crippen LogP contribution in [0.4, 0.5) is 4.39 Å². The summed E-state index contributed by atoms with van der Waals surface area (Å²) in [5, 5.41) is 4.35. The first-order chi connectivity index (χ1) is 6.59. The Hall–Kier alpha value is -1.91. The average Bonchev–Trinajstić information content (AvgIpc) is 2.43. The Kier molecular flexibility index (Phi) is 1.73. The summed E-state index contributed by atoms with van der Waals surface area (Å²) in [5.74, 6) is -1.06. The molecule has 0 saturated carbocycles. The normalized spacial score (nSPS) is 10.7. The van der Waals surface area contributed by atoms with Crippen LogP contribution in [-0.4, -0.2) is 15.7 Å². The number of benzene rings is 1. The molecule has 0 aliphatic heterocycles. The number of carbonyl (C=O) groups is 1. The van der Waals surface area contributed by atoms with Gasteiger partial charge >= 0.3 is 0 Å². The van der Waals surface area contributed by atoms with Crippen molar-refractivity contribution < 1.29 is 9.18 Å². The SMILES string of the molecule is Cn1nc(C(N)=O)c2cc(F)ccc21. The molecule has 0 spiro atoms. The van der Waals surface area contributed by atoms with Gasteiger partial charge in [0.1, 0.15) is 5.82 Å². The molecule has 2 aromatic rings. The highest BCUT2D eigenvalue weighted by atomic mass is 19.1. The van der Waals surface area contributed by atoms with Crippen molar-refractivity contribution in [3.05, 3.63) is 29.7 Å². The van der Waals surface area contributed by atoms with E-state index < -0.39 is 11.7 Å². The number of rotatable bonds is 1. The Morgan fingerprint density at radius 1 is 1.57 bits per heavy atom. The van der Waals surface area contributed by atoms with Crippen LogP contribution >= 0.6 is 0 Å². The summed E-state index contributed by atoms with van der Waals surface area (Å²) in [6, 6.07) is 4.13. The predicted molar refractivity (Wildman–Crippen MR) is 49.2 cm³/mol. The van der Waals surface area contributed by atoms with Crippen LogP contribution in [0.25, 0.3) is 10.9 Å². The summed E-state index contributed by atoms with van der Waals surface area (Å²) >= 11 is 0. The molecule has 1 aromatic heterocycles. The summed E-state index contributed by atoms with van der Waals surface area (Å²) in [6.07, 6.45) is 0. The van der Waals surface area contributed by atoms with E-state index in [1.807, 2.05) is 0 Å². The van der Waals surface area contributed by atoms with Crippen molar-refractivity contribution in [2.45, 2.75) is 0 Å². The minimum Gasteiger partial charge on any atom is -0.364 e. The number of nitrogens with two attached hydrogens (primary N) is 1. The van der Waals surface area contributed by atoms with Crippen molar-refractivity contribution in [1.29, 1.82) is 0 Å². The van der Waals surface area contributed by atoms with E-state index in [1.165, 1.54) is 16.8 Å². The number of carbonyl (C=O) groups excluding carboxylic acids is 1. The van der Waals surface area contributed by atoms with Crippen molar-refractivity contribution in [2.24, 2.45) is 12.8 Å². The lowest BCUT2D eigenvalue weighted by Gasteiger charge is -1.92. The summed E-state index contributed by atoms with van der Waals surface area (Å²) in [4.78, 5) is 11.0. The van der Waals surface area contributed by atoms with Crippen molar-refractivity contribution >= 4 is 16.8 Å². The van der Waals surface area contributed by atoms with Crippen molar-refractivity contribution in [1.82, 2.24) is 9.78 Å². The molecular weight excluding hydrogens is 185 g/mol. The second-order valence-electron chi connectivity index (χ2n) is 3.00. The third-order valence-corrected chi connectivity index (χ3v) is 2.05. The van der Waals surface area contributed by atoms with E-state index in [4.69, 9.17) is 5.73 Å². The van der Waals surface area contributed by atoms with E-state index in [0.717, 1.165) is 0 Å². The summed E-state index contributed by atoms with van der Waals surface area (Å²) in [7, 11) is 1.67. The average molecular weight is 193 g/mol. The first-order valence-corrected chi connectivity index (χ1v) is 4.01. The lowest BCUT2D eigenvalue weighted by atomic mass is 10.2. The molecule has 0 bridgehead atoms. The van der Waals surface area contributed by atoms with E-state index in [-0.39, 0.29) is 5.69 Å². The Bertz CT molecular complexity index is 518. The summed E-state index contributed by atoms with van der Waals surface area (Å²) < 4.78 is 14.4. The van der Waals surface area contributed by atoms with E-state index in [0.29, 0.717) is 10.9 Å². The van der Waals surface area contributed by atoms with E-state index in [9.17, 15) is 9.18 Å². The fourth-order valence-electron chi connectivity index (χ4n) is 1.42. The highest BCUT2D eigenvalue weighted by Crippen LogP contribution is 2.18. The maximum Gasteiger partial charge on any atom is 0.269 e. The summed E-state index contributed by atoms with van der Waals surface area (Å²) in [5.41, 5.74) is 5.89. The number of hydrogen-bond acceptors (Lipinski definition) is 2. The van der Waals surface area contributed by atoms with Gasteiger partial charge in [-0.25, -0.2) is 4.39 Å². The number of fused-ring (bicyclic) bond motifs is 1. The zero-order valence-corrected chi connectivity index (χ0v) is 7.49. The zero-order chi connectivity index (χ0) is 10.3. The molecular formula is C9H8FN3O. The molecule has 1 amide bonds. The molecule has 72 valence electrons. The Labute approximate surface area is 79.1 Å². The number of hydrogen-bond donors (Lipinski definition) is 1. The number of aryl methyl sites for hydroxylation is 1. The molecule has 1 aromatic carbocycles. The van der Waals surface area contributed by atoms with Crippen LogP contribution in [0.3, 0.4) is 0 Å². The van der Waals surface area contributed by atoms with Crippen LogP contribution in [0.1, 0.15) is 10.5 Å². The van der Waals surface area contributed by atoms with E-state index in [1.54, 1.807) is 13.1 Å². The highest BCUT2D eigenvalue weighted by molar-refractivity contribution is 6.04. The van der Waals surface area contributed by atoms with Gasteiger partial charge in [-0.15, -0.1) is 0 Å². The lowest BCUT2D eigenvalue weighted by Crippen LogP contribution is -2.12. The first-order valence-electron chi connectivity index (χ1n) is 4.01. The number of halogens is 1.